The van der Waals surface area contributed by atoms with Gasteiger partial charge in [-0.2, -0.15) is 0 Å². The first-order valence-corrected chi connectivity index (χ1v) is 7.06. The number of pyridine rings is 1. The molecule has 1 aromatic carbocycles. The zero-order valence-corrected chi connectivity index (χ0v) is 12.6. The lowest BCUT2D eigenvalue weighted by Crippen LogP contribution is -2.27. The van der Waals surface area contributed by atoms with Gasteiger partial charge in [0.15, 0.2) is 0 Å². The van der Waals surface area contributed by atoms with E-state index in [0.29, 0.717) is 23.7 Å². The molecule has 0 spiro atoms. The van der Waals surface area contributed by atoms with Gasteiger partial charge in [0.25, 0.3) is 0 Å². The van der Waals surface area contributed by atoms with Crippen molar-refractivity contribution in [2.45, 2.75) is 12.8 Å². The minimum Gasteiger partial charge on any atom is -0.496 e. The SMILES string of the molecule is COc1ccc(Cl)cc1CC(=O)NCCc1ccccn1. The van der Waals surface area contributed by atoms with Crippen LogP contribution in [0.3, 0.4) is 0 Å². The molecule has 2 rings (SSSR count). The molecule has 4 nitrogen and oxygen atoms in total. The second-order valence-corrected chi connectivity index (χ2v) is 4.99. The van der Waals surface area contributed by atoms with Crippen LogP contribution < -0.4 is 10.1 Å². The Morgan fingerprint density at radius 1 is 1.33 bits per heavy atom. The van der Waals surface area contributed by atoms with Crippen molar-refractivity contribution >= 4 is 17.5 Å². The zero-order valence-electron chi connectivity index (χ0n) is 11.8. The molecule has 1 aromatic heterocycles. The van der Waals surface area contributed by atoms with Gasteiger partial charge in [-0.25, -0.2) is 0 Å². The summed E-state index contributed by atoms with van der Waals surface area (Å²) in [5, 5.41) is 3.46. The first-order valence-electron chi connectivity index (χ1n) is 6.68. The molecule has 0 aliphatic heterocycles. The molecule has 21 heavy (non-hydrogen) atoms. The molecule has 0 aliphatic rings. The van der Waals surface area contributed by atoms with E-state index in [0.717, 1.165) is 11.3 Å². The van der Waals surface area contributed by atoms with Crippen molar-refractivity contribution in [1.82, 2.24) is 10.3 Å². The van der Waals surface area contributed by atoms with Gasteiger partial charge in [-0.3, -0.25) is 9.78 Å². The van der Waals surface area contributed by atoms with E-state index in [4.69, 9.17) is 16.3 Å². The summed E-state index contributed by atoms with van der Waals surface area (Å²) < 4.78 is 5.23. The molecule has 0 bridgehead atoms. The summed E-state index contributed by atoms with van der Waals surface area (Å²) in [6.45, 7) is 0.554. The lowest BCUT2D eigenvalue weighted by molar-refractivity contribution is -0.120. The number of hydrogen-bond donors (Lipinski definition) is 1. The average Bonchev–Trinajstić information content (AvgIpc) is 2.48. The molecular formula is C16H17ClN2O2. The number of hydrogen-bond acceptors (Lipinski definition) is 3. The van der Waals surface area contributed by atoms with Crippen LogP contribution in [0.25, 0.3) is 0 Å². The highest BCUT2D eigenvalue weighted by atomic mass is 35.5. The molecule has 1 amide bonds. The molecule has 5 heteroatoms. The van der Waals surface area contributed by atoms with Gasteiger partial charge in [-0.1, -0.05) is 17.7 Å². The molecule has 0 saturated heterocycles. The standard InChI is InChI=1S/C16H17ClN2O2/c1-21-15-6-5-13(17)10-12(15)11-16(20)19-9-7-14-4-2-3-8-18-14/h2-6,8,10H,7,9,11H2,1H3,(H,19,20). The third-order valence-corrected chi connectivity index (χ3v) is 3.26. The van der Waals surface area contributed by atoms with Crippen LogP contribution in [-0.2, 0) is 17.6 Å². The normalized spacial score (nSPS) is 10.2. The van der Waals surface area contributed by atoms with E-state index in [-0.39, 0.29) is 12.3 Å². The lowest BCUT2D eigenvalue weighted by Gasteiger charge is -2.09. The molecule has 0 saturated carbocycles. The van der Waals surface area contributed by atoms with Gasteiger partial charge in [0.05, 0.1) is 13.5 Å². The van der Waals surface area contributed by atoms with Gasteiger partial charge in [0.2, 0.25) is 5.91 Å². The fourth-order valence-electron chi connectivity index (χ4n) is 2.00. The van der Waals surface area contributed by atoms with Crippen molar-refractivity contribution in [3.8, 4) is 5.75 Å². The Kier molecular flexibility index (Phi) is 5.58. The van der Waals surface area contributed by atoms with E-state index in [2.05, 4.69) is 10.3 Å². The molecule has 1 heterocycles. The predicted octanol–water partition coefficient (Wildman–Crippen LogP) is 2.65. The molecule has 0 radical (unpaired) electrons. The number of nitrogens with one attached hydrogen (secondary N) is 1. The number of carbonyl (C=O) groups is 1. The summed E-state index contributed by atoms with van der Waals surface area (Å²) in [5.41, 5.74) is 1.73. The van der Waals surface area contributed by atoms with Gasteiger partial charge in [0, 0.05) is 35.4 Å². The maximum atomic E-state index is 12.0. The maximum Gasteiger partial charge on any atom is 0.224 e. The minimum absolute atomic E-state index is 0.0634. The van der Waals surface area contributed by atoms with Crippen molar-refractivity contribution in [2.75, 3.05) is 13.7 Å². The van der Waals surface area contributed by atoms with Crippen LogP contribution >= 0.6 is 11.6 Å². The molecule has 0 unspecified atom stereocenters. The summed E-state index contributed by atoms with van der Waals surface area (Å²) in [5.74, 6) is 0.603. The third-order valence-electron chi connectivity index (χ3n) is 3.02. The predicted molar refractivity (Wildman–Crippen MR) is 82.7 cm³/mol. The van der Waals surface area contributed by atoms with E-state index in [9.17, 15) is 4.79 Å². The summed E-state index contributed by atoms with van der Waals surface area (Å²) in [4.78, 5) is 16.2. The van der Waals surface area contributed by atoms with Crippen molar-refractivity contribution in [3.63, 3.8) is 0 Å². The van der Waals surface area contributed by atoms with Crippen LogP contribution in [0.1, 0.15) is 11.3 Å². The Morgan fingerprint density at radius 3 is 2.90 bits per heavy atom. The van der Waals surface area contributed by atoms with Crippen molar-refractivity contribution in [1.29, 1.82) is 0 Å². The number of aromatic nitrogens is 1. The van der Waals surface area contributed by atoms with Crippen LogP contribution in [0.4, 0.5) is 0 Å². The second kappa shape index (κ2) is 7.64. The zero-order chi connectivity index (χ0) is 15.1. The second-order valence-electron chi connectivity index (χ2n) is 4.55. The topological polar surface area (TPSA) is 51.2 Å². The number of nitrogens with zero attached hydrogens (tertiary/aromatic N) is 1. The highest BCUT2D eigenvalue weighted by molar-refractivity contribution is 6.30. The van der Waals surface area contributed by atoms with Gasteiger partial charge in [-0.15, -0.1) is 0 Å². The number of halogens is 1. The monoisotopic (exact) mass is 304 g/mol. The van der Waals surface area contributed by atoms with Crippen LogP contribution in [0.15, 0.2) is 42.6 Å². The van der Waals surface area contributed by atoms with E-state index in [1.54, 1.807) is 31.5 Å². The van der Waals surface area contributed by atoms with Crippen LogP contribution in [0.2, 0.25) is 5.02 Å². The number of rotatable bonds is 6. The first-order chi connectivity index (χ1) is 10.2. The van der Waals surface area contributed by atoms with Crippen LogP contribution in [0.5, 0.6) is 5.75 Å². The van der Waals surface area contributed by atoms with E-state index in [1.165, 1.54) is 0 Å². The quantitative estimate of drug-likeness (QED) is 0.892. The van der Waals surface area contributed by atoms with E-state index in [1.807, 2.05) is 18.2 Å². The Labute approximate surface area is 129 Å². The van der Waals surface area contributed by atoms with E-state index < -0.39 is 0 Å². The minimum atomic E-state index is -0.0634. The Morgan fingerprint density at radius 2 is 2.19 bits per heavy atom. The maximum absolute atomic E-state index is 12.0. The fourth-order valence-corrected chi connectivity index (χ4v) is 2.19. The van der Waals surface area contributed by atoms with Gasteiger partial charge in [-0.05, 0) is 30.3 Å². The Hall–Kier alpha value is -2.07. The highest BCUT2D eigenvalue weighted by Gasteiger charge is 2.09. The molecule has 0 fully saturated rings. The number of methoxy groups -OCH3 is 1. The largest absolute Gasteiger partial charge is 0.496 e. The van der Waals surface area contributed by atoms with Crippen LogP contribution in [0, 0.1) is 0 Å². The molecule has 1 N–H and O–H groups in total. The summed E-state index contributed by atoms with van der Waals surface area (Å²) in [6, 6.07) is 11.0. The fraction of sp³-hybridized carbons (Fsp3) is 0.250. The Bertz CT molecular complexity index is 602. The third kappa shape index (κ3) is 4.76. The average molecular weight is 305 g/mol. The van der Waals surface area contributed by atoms with Crippen molar-refractivity contribution in [2.24, 2.45) is 0 Å². The molecular weight excluding hydrogens is 288 g/mol. The number of ether oxygens (including phenoxy) is 1. The molecule has 0 aliphatic carbocycles. The Balaban J connectivity index is 1.86. The van der Waals surface area contributed by atoms with Gasteiger partial charge >= 0.3 is 0 Å². The summed E-state index contributed by atoms with van der Waals surface area (Å²) >= 11 is 5.95. The molecule has 0 atom stereocenters. The smallest absolute Gasteiger partial charge is 0.224 e. The highest BCUT2D eigenvalue weighted by Crippen LogP contribution is 2.22. The van der Waals surface area contributed by atoms with Crippen molar-refractivity contribution in [3.05, 3.63) is 58.9 Å². The first kappa shape index (κ1) is 15.3. The summed E-state index contributed by atoms with van der Waals surface area (Å²) in [7, 11) is 1.58. The van der Waals surface area contributed by atoms with Gasteiger partial charge < -0.3 is 10.1 Å². The number of amides is 1. The van der Waals surface area contributed by atoms with Gasteiger partial charge in [0.1, 0.15) is 5.75 Å². The van der Waals surface area contributed by atoms with Crippen molar-refractivity contribution < 1.29 is 9.53 Å². The van der Waals surface area contributed by atoms with Crippen LogP contribution in [-0.4, -0.2) is 24.5 Å². The lowest BCUT2D eigenvalue weighted by atomic mass is 10.1. The number of carbonyl (C=O) groups excluding carboxylic acids is 1. The molecule has 2 aromatic rings. The summed E-state index contributed by atoms with van der Waals surface area (Å²) in [6.07, 6.45) is 2.69. The number of benzene rings is 1. The molecule has 110 valence electrons. The van der Waals surface area contributed by atoms with E-state index >= 15 is 0 Å².